The molecule has 1 aromatic carbocycles. The van der Waals surface area contributed by atoms with Crippen LogP contribution in [0.3, 0.4) is 0 Å². The van der Waals surface area contributed by atoms with E-state index in [9.17, 15) is 0 Å². The van der Waals surface area contributed by atoms with Crippen molar-refractivity contribution in [2.24, 2.45) is 0 Å². The molecule has 0 saturated heterocycles. The first-order valence-electron chi connectivity index (χ1n) is 7.86. The number of hydrogen-bond donors (Lipinski definition) is 1. The number of nitrogens with zero attached hydrogens (tertiary/aromatic N) is 5. The van der Waals surface area contributed by atoms with Crippen molar-refractivity contribution < 1.29 is 0 Å². The van der Waals surface area contributed by atoms with Crippen LogP contribution in [0.15, 0.2) is 54.9 Å². The van der Waals surface area contributed by atoms with E-state index >= 15 is 0 Å². The lowest BCUT2D eigenvalue weighted by Gasteiger charge is -2.20. The largest absolute Gasteiger partial charge is 0.356 e. The van der Waals surface area contributed by atoms with Crippen molar-refractivity contribution in [2.75, 3.05) is 30.4 Å². The molecule has 6 heteroatoms. The van der Waals surface area contributed by atoms with E-state index in [0.29, 0.717) is 5.95 Å². The average molecular weight is 320 g/mol. The second-order valence-electron chi connectivity index (χ2n) is 5.52. The van der Waals surface area contributed by atoms with Crippen LogP contribution in [-0.4, -0.2) is 40.3 Å². The lowest BCUT2D eigenvalue weighted by atomic mass is 10.1. The summed E-state index contributed by atoms with van der Waals surface area (Å²) in [5.74, 6) is 1.51. The fourth-order valence-corrected chi connectivity index (χ4v) is 2.44. The van der Waals surface area contributed by atoms with Gasteiger partial charge >= 0.3 is 0 Å². The van der Waals surface area contributed by atoms with Crippen LogP contribution in [0.2, 0.25) is 0 Å². The highest BCUT2D eigenvalue weighted by atomic mass is 15.3. The smallest absolute Gasteiger partial charge is 0.222 e. The zero-order valence-corrected chi connectivity index (χ0v) is 13.8. The zero-order chi connectivity index (χ0) is 16.8. The van der Waals surface area contributed by atoms with Crippen LogP contribution in [-0.2, 0) is 0 Å². The molecular formula is C18H20N6. The van der Waals surface area contributed by atoms with Gasteiger partial charge in [0.1, 0.15) is 0 Å². The first kappa shape index (κ1) is 15.9. The topological polar surface area (TPSA) is 66.8 Å². The molecule has 0 aliphatic heterocycles. The normalized spacial score (nSPS) is 10.4. The van der Waals surface area contributed by atoms with E-state index in [1.807, 2.05) is 37.4 Å². The number of aryl methyl sites for hydroxylation is 1. The molecule has 0 aliphatic rings. The van der Waals surface area contributed by atoms with Gasteiger partial charge in [0, 0.05) is 38.1 Å². The third-order valence-electron chi connectivity index (χ3n) is 3.69. The van der Waals surface area contributed by atoms with Gasteiger partial charge in [0.25, 0.3) is 0 Å². The maximum absolute atomic E-state index is 4.40. The SMILES string of the molecule is Cc1cc(-c2ccccc2)nnc1N(C)CCNc1ncccn1. The fourth-order valence-electron chi connectivity index (χ4n) is 2.44. The van der Waals surface area contributed by atoms with Gasteiger partial charge in [0.2, 0.25) is 5.95 Å². The molecule has 3 aromatic rings. The van der Waals surface area contributed by atoms with E-state index in [-0.39, 0.29) is 0 Å². The van der Waals surface area contributed by atoms with E-state index in [2.05, 4.69) is 43.4 Å². The van der Waals surface area contributed by atoms with Crippen LogP contribution in [0, 0.1) is 6.92 Å². The Bertz CT molecular complexity index is 776. The molecule has 3 rings (SSSR count). The Labute approximate surface area is 141 Å². The minimum atomic E-state index is 0.633. The van der Waals surface area contributed by atoms with Crippen LogP contribution < -0.4 is 10.2 Å². The molecule has 2 aromatic heterocycles. The van der Waals surface area contributed by atoms with Gasteiger partial charge < -0.3 is 10.2 Å². The molecule has 2 heterocycles. The second-order valence-corrected chi connectivity index (χ2v) is 5.52. The number of likely N-dealkylation sites (N-methyl/N-ethyl adjacent to an activating group) is 1. The van der Waals surface area contributed by atoms with Gasteiger partial charge in [-0.25, -0.2) is 9.97 Å². The van der Waals surface area contributed by atoms with E-state index in [1.165, 1.54) is 0 Å². The van der Waals surface area contributed by atoms with Gasteiger partial charge in [-0.2, -0.15) is 0 Å². The van der Waals surface area contributed by atoms with Crippen LogP contribution in [0.1, 0.15) is 5.56 Å². The Balaban J connectivity index is 1.64. The Morgan fingerprint density at radius 1 is 1.00 bits per heavy atom. The summed E-state index contributed by atoms with van der Waals surface area (Å²) in [6, 6.07) is 13.9. The average Bonchev–Trinajstić information content (AvgIpc) is 2.63. The fraction of sp³-hybridized carbons (Fsp3) is 0.222. The summed E-state index contributed by atoms with van der Waals surface area (Å²) in [6.07, 6.45) is 3.44. The first-order valence-corrected chi connectivity index (χ1v) is 7.86. The van der Waals surface area contributed by atoms with Crippen molar-refractivity contribution in [3.8, 4) is 11.3 Å². The predicted octanol–water partition coefficient (Wildman–Crippen LogP) is 2.79. The Morgan fingerprint density at radius 2 is 1.75 bits per heavy atom. The maximum atomic E-state index is 4.40. The van der Waals surface area contributed by atoms with E-state index in [1.54, 1.807) is 18.5 Å². The molecule has 0 aliphatic carbocycles. The predicted molar refractivity (Wildman–Crippen MR) is 96.0 cm³/mol. The number of hydrogen-bond acceptors (Lipinski definition) is 6. The molecule has 0 saturated carbocycles. The van der Waals surface area contributed by atoms with Crippen LogP contribution in [0.25, 0.3) is 11.3 Å². The van der Waals surface area contributed by atoms with Crippen molar-refractivity contribution in [3.63, 3.8) is 0 Å². The zero-order valence-electron chi connectivity index (χ0n) is 13.8. The van der Waals surface area contributed by atoms with Gasteiger partial charge in [-0.05, 0) is 24.6 Å². The van der Waals surface area contributed by atoms with Gasteiger partial charge in [0.05, 0.1) is 5.69 Å². The summed E-state index contributed by atoms with van der Waals surface area (Å²) < 4.78 is 0. The minimum Gasteiger partial charge on any atom is -0.356 e. The molecule has 0 radical (unpaired) electrons. The summed E-state index contributed by atoms with van der Waals surface area (Å²) in [5, 5.41) is 11.9. The number of anilines is 2. The number of benzene rings is 1. The Hall–Kier alpha value is -3.02. The summed E-state index contributed by atoms with van der Waals surface area (Å²) >= 11 is 0. The van der Waals surface area contributed by atoms with Crippen molar-refractivity contribution in [1.29, 1.82) is 0 Å². The monoisotopic (exact) mass is 320 g/mol. The number of rotatable bonds is 6. The highest BCUT2D eigenvalue weighted by Gasteiger charge is 2.09. The van der Waals surface area contributed by atoms with Gasteiger partial charge in [-0.3, -0.25) is 0 Å². The molecule has 1 N–H and O–H groups in total. The molecule has 122 valence electrons. The van der Waals surface area contributed by atoms with Crippen molar-refractivity contribution in [2.45, 2.75) is 6.92 Å². The third-order valence-corrected chi connectivity index (χ3v) is 3.69. The van der Waals surface area contributed by atoms with Crippen LogP contribution >= 0.6 is 0 Å². The molecule has 0 atom stereocenters. The third kappa shape index (κ3) is 3.84. The summed E-state index contributed by atoms with van der Waals surface area (Å²) in [6.45, 7) is 3.56. The standard InChI is InChI=1S/C18H20N6/c1-14-13-16(15-7-4-3-5-8-15)22-23-17(14)24(2)12-11-21-18-19-9-6-10-20-18/h3-10,13H,11-12H2,1-2H3,(H,19,20,21). The van der Waals surface area contributed by atoms with E-state index in [0.717, 1.165) is 35.7 Å². The number of aromatic nitrogens is 4. The molecule has 6 nitrogen and oxygen atoms in total. The summed E-state index contributed by atoms with van der Waals surface area (Å²) in [7, 11) is 2.01. The highest BCUT2D eigenvalue weighted by Crippen LogP contribution is 2.21. The second kappa shape index (κ2) is 7.50. The molecule has 0 unspecified atom stereocenters. The maximum Gasteiger partial charge on any atom is 0.222 e. The quantitative estimate of drug-likeness (QED) is 0.753. The van der Waals surface area contributed by atoms with Gasteiger partial charge in [-0.1, -0.05) is 30.3 Å². The molecule has 24 heavy (non-hydrogen) atoms. The molecule has 0 bridgehead atoms. The Morgan fingerprint density at radius 3 is 2.46 bits per heavy atom. The highest BCUT2D eigenvalue weighted by molar-refractivity contribution is 5.61. The van der Waals surface area contributed by atoms with Crippen molar-refractivity contribution in [3.05, 3.63) is 60.4 Å². The summed E-state index contributed by atoms with van der Waals surface area (Å²) in [4.78, 5) is 10.4. The summed E-state index contributed by atoms with van der Waals surface area (Å²) in [5.41, 5.74) is 3.06. The number of nitrogens with one attached hydrogen (secondary N) is 1. The van der Waals surface area contributed by atoms with Gasteiger partial charge in [0.15, 0.2) is 5.82 Å². The van der Waals surface area contributed by atoms with Gasteiger partial charge in [-0.15, -0.1) is 10.2 Å². The molecule has 0 fully saturated rings. The van der Waals surface area contributed by atoms with Crippen LogP contribution in [0.5, 0.6) is 0 Å². The van der Waals surface area contributed by atoms with Crippen molar-refractivity contribution in [1.82, 2.24) is 20.2 Å². The molecule has 0 spiro atoms. The van der Waals surface area contributed by atoms with E-state index in [4.69, 9.17) is 0 Å². The minimum absolute atomic E-state index is 0.633. The van der Waals surface area contributed by atoms with Crippen LogP contribution in [0.4, 0.5) is 11.8 Å². The van der Waals surface area contributed by atoms with E-state index < -0.39 is 0 Å². The lowest BCUT2D eigenvalue weighted by molar-refractivity contribution is 0.854. The Kier molecular flexibility index (Phi) is 4.96. The lowest BCUT2D eigenvalue weighted by Crippen LogP contribution is -2.27. The van der Waals surface area contributed by atoms with Crippen molar-refractivity contribution >= 4 is 11.8 Å². The molecular weight excluding hydrogens is 300 g/mol. The molecule has 0 amide bonds. The first-order chi connectivity index (χ1) is 11.7.